The van der Waals surface area contributed by atoms with Gasteiger partial charge in [-0.2, -0.15) is 5.10 Å². The second-order valence-corrected chi connectivity index (χ2v) is 7.23. The van der Waals surface area contributed by atoms with Gasteiger partial charge in [-0.1, -0.05) is 60.7 Å². The molecule has 1 N–H and O–H groups in total. The first-order chi connectivity index (χ1) is 13.3. The fourth-order valence-electron chi connectivity index (χ4n) is 3.99. The monoisotopic (exact) mass is 361 g/mol. The lowest BCUT2D eigenvalue weighted by atomic mass is 9.92. The summed E-state index contributed by atoms with van der Waals surface area (Å²) in [7, 11) is 1.75. The van der Waals surface area contributed by atoms with Crippen molar-refractivity contribution in [2.75, 3.05) is 26.7 Å². The van der Waals surface area contributed by atoms with Crippen molar-refractivity contribution in [1.29, 1.82) is 0 Å². The predicted molar refractivity (Wildman–Crippen MR) is 109 cm³/mol. The van der Waals surface area contributed by atoms with E-state index in [4.69, 9.17) is 4.74 Å². The number of likely N-dealkylation sites (tertiary alicyclic amines) is 1. The second kappa shape index (κ2) is 8.40. The van der Waals surface area contributed by atoms with Crippen LogP contribution in [0.25, 0.3) is 11.3 Å². The van der Waals surface area contributed by atoms with Crippen LogP contribution in [0.2, 0.25) is 0 Å². The lowest BCUT2D eigenvalue weighted by Crippen LogP contribution is -2.34. The minimum absolute atomic E-state index is 0.460. The van der Waals surface area contributed by atoms with E-state index < -0.39 is 0 Å². The molecule has 0 amide bonds. The van der Waals surface area contributed by atoms with E-state index in [1.807, 2.05) is 18.2 Å². The molecule has 4 nitrogen and oxygen atoms in total. The molecule has 0 spiro atoms. The highest BCUT2D eigenvalue weighted by atomic mass is 16.5. The molecule has 0 atom stereocenters. The molecule has 0 aliphatic carbocycles. The Labute approximate surface area is 161 Å². The van der Waals surface area contributed by atoms with Gasteiger partial charge in [-0.15, -0.1) is 0 Å². The first-order valence-electron chi connectivity index (χ1n) is 9.79. The van der Waals surface area contributed by atoms with Crippen LogP contribution in [0, 0.1) is 0 Å². The molecule has 1 aliphatic rings. The topological polar surface area (TPSA) is 41.1 Å². The fourth-order valence-corrected chi connectivity index (χ4v) is 3.99. The van der Waals surface area contributed by atoms with Gasteiger partial charge in [-0.3, -0.25) is 5.10 Å². The molecule has 1 aromatic heterocycles. The number of methoxy groups -OCH3 is 1. The van der Waals surface area contributed by atoms with Crippen LogP contribution in [0.1, 0.15) is 30.0 Å². The van der Waals surface area contributed by atoms with Crippen LogP contribution < -0.4 is 4.74 Å². The summed E-state index contributed by atoms with van der Waals surface area (Å²) >= 11 is 0. The number of nitrogens with one attached hydrogen (secondary N) is 1. The molecule has 1 saturated heterocycles. The molecule has 0 unspecified atom stereocenters. The SMILES string of the molecule is COc1c(C2CCN(CCc3ccccc3)CC2)n[nH]c1-c1ccccc1. The third-order valence-corrected chi connectivity index (χ3v) is 5.55. The Balaban J connectivity index is 1.39. The highest BCUT2D eigenvalue weighted by Gasteiger charge is 2.27. The van der Waals surface area contributed by atoms with E-state index in [1.54, 1.807) is 7.11 Å². The summed E-state index contributed by atoms with van der Waals surface area (Å²) in [5, 5.41) is 7.85. The van der Waals surface area contributed by atoms with Crippen LogP contribution in [0.3, 0.4) is 0 Å². The Morgan fingerprint density at radius 1 is 1.00 bits per heavy atom. The number of nitrogens with zero attached hydrogens (tertiary/aromatic N) is 2. The highest BCUT2D eigenvalue weighted by molar-refractivity contribution is 5.67. The molecule has 0 radical (unpaired) electrons. The van der Waals surface area contributed by atoms with Crippen LogP contribution in [-0.4, -0.2) is 41.8 Å². The largest absolute Gasteiger partial charge is 0.492 e. The van der Waals surface area contributed by atoms with Crippen molar-refractivity contribution in [3.63, 3.8) is 0 Å². The van der Waals surface area contributed by atoms with E-state index in [9.17, 15) is 0 Å². The number of aromatic amines is 1. The van der Waals surface area contributed by atoms with Gasteiger partial charge in [-0.05, 0) is 37.9 Å². The van der Waals surface area contributed by atoms with Crippen LogP contribution in [0.4, 0.5) is 0 Å². The zero-order valence-electron chi connectivity index (χ0n) is 15.9. The van der Waals surface area contributed by atoms with Crippen molar-refractivity contribution in [2.45, 2.75) is 25.2 Å². The zero-order chi connectivity index (χ0) is 18.5. The fraction of sp³-hybridized carbons (Fsp3) is 0.348. The average molecular weight is 361 g/mol. The van der Waals surface area contributed by atoms with Crippen LogP contribution in [0.5, 0.6) is 5.75 Å². The van der Waals surface area contributed by atoms with Gasteiger partial charge in [0.15, 0.2) is 5.75 Å². The van der Waals surface area contributed by atoms with Gasteiger partial charge in [0.2, 0.25) is 0 Å². The number of hydrogen-bond acceptors (Lipinski definition) is 3. The maximum atomic E-state index is 5.75. The summed E-state index contributed by atoms with van der Waals surface area (Å²) < 4.78 is 5.75. The molecule has 4 heteroatoms. The van der Waals surface area contributed by atoms with E-state index in [-0.39, 0.29) is 0 Å². The summed E-state index contributed by atoms with van der Waals surface area (Å²) in [4.78, 5) is 2.57. The van der Waals surface area contributed by atoms with Crippen molar-refractivity contribution in [2.24, 2.45) is 0 Å². The number of H-pyrrole nitrogens is 1. The van der Waals surface area contributed by atoms with Gasteiger partial charge in [-0.25, -0.2) is 0 Å². The first-order valence-corrected chi connectivity index (χ1v) is 9.79. The number of rotatable bonds is 6. The highest BCUT2D eigenvalue weighted by Crippen LogP contribution is 2.38. The van der Waals surface area contributed by atoms with E-state index in [0.29, 0.717) is 5.92 Å². The molecular formula is C23H27N3O. The molecular weight excluding hydrogens is 334 g/mol. The van der Waals surface area contributed by atoms with Crippen LogP contribution in [-0.2, 0) is 6.42 Å². The van der Waals surface area contributed by atoms with Crippen molar-refractivity contribution in [3.8, 4) is 17.0 Å². The van der Waals surface area contributed by atoms with Crippen molar-refractivity contribution < 1.29 is 4.74 Å². The van der Waals surface area contributed by atoms with Crippen LogP contribution in [0.15, 0.2) is 60.7 Å². The second-order valence-electron chi connectivity index (χ2n) is 7.23. The molecule has 27 heavy (non-hydrogen) atoms. The summed E-state index contributed by atoms with van der Waals surface area (Å²) in [5.74, 6) is 1.37. The summed E-state index contributed by atoms with van der Waals surface area (Å²) in [5.41, 5.74) is 4.60. The van der Waals surface area contributed by atoms with Crippen molar-refractivity contribution in [1.82, 2.24) is 15.1 Å². The van der Waals surface area contributed by atoms with Gasteiger partial charge in [0.1, 0.15) is 11.4 Å². The quantitative estimate of drug-likeness (QED) is 0.702. The van der Waals surface area contributed by atoms with Crippen LogP contribution >= 0.6 is 0 Å². The normalized spacial score (nSPS) is 15.7. The zero-order valence-corrected chi connectivity index (χ0v) is 15.9. The molecule has 3 aromatic rings. The molecule has 1 aliphatic heterocycles. The molecule has 0 saturated carbocycles. The lowest BCUT2D eigenvalue weighted by Gasteiger charge is -2.31. The van der Waals surface area contributed by atoms with E-state index in [1.165, 1.54) is 5.56 Å². The van der Waals surface area contributed by atoms with E-state index >= 15 is 0 Å². The predicted octanol–water partition coefficient (Wildman–Crippen LogP) is 4.51. The number of aromatic nitrogens is 2. The van der Waals surface area contributed by atoms with Gasteiger partial charge >= 0.3 is 0 Å². The summed E-state index contributed by atoms with van der Waals surface area (Å²) in [6.07, 6.45) is 3.38. The Morgan fingerprint density at radius 3 is 2.33 bits per heavy atom. The van der Waals surface area contributed by atoms with E-state index in [2.05, 4.69) is 57.6 Å². The number of ether oxygens (including phenoxy) is 1. The van der Waals surface area contributed by atoms with Crippen molar-refractivity contribution >= 4 is 0 Å². The molecule has 2 aromatic carbocycles. The maximum Gasteiger partial charge on any atom is 0.167 e. The standard InChI is InChI=1S/C23H27N3O/c1-27-23-21(19-10-6-3-7-11-19)24-25-22(23)20-13-16-26(17-14-20)15-12-18-8-4-2-5-9-18/h2-11,20H,12-17H2,1H3,(H,24,25). The van der Waals surface area contributed by atoms with Crippen molar-refractivity contribution in [3.05, 3.63) is 71.9 Å². The third kappa shape index (κ3) is 4.06. The van der Waals surface area contributed by atoms with Gasteiger partial charge in [0.05, 0.1) is 7.11 Å². The molecule has 4 rings (SSSR count). The van der Waals surface area contributed by atoms with Gasteiger partial charge in [0, 0.05) is 18.0 Å². The Kier molecular flexibility index (Phi) is 5.54. The van der Waals surface area contributed by atoms with Gasteiger partial charge < -0.3 is 9.64 Å². The molecule has 1 fully saturated rings. The number of benzene rings is 2. The number of hydrogen-bond donors (Lipinski definition) is 1. The molecule has 140 valence electrons. The Bertz CT molecular complexity index is 837. The minimum Gasteiger partial charge on any atom is -0.492 e. The smallest absolute Gasteiger partial charge is 0.167 e. The summed E-state index contributed by atoms with van der Waals surface area (Å²) in [6, 6.07) is 21.0. The molecule has 2 heterocycles. The average Bonchev–Trinajstić information content (AvgIpc) is 3.18. The lowest BCUT2D eigenvalue weighted by molar-refractivity contribution is 0.211. The van der Waals surface area contributed by atoms with Gasteiger partial charge in [0.25, 0.3) is 0 Å². The first kappa shape index (κ1) is 17.8. The summed E-state index contributed by atoms with van der Waals surface area (Å²) in [6.45, 7) is 3.37. The minimum atomic E-state index is 0.460. The molecule has 0 bridgehead atoms. The maximum absolute atomic E-state index is 5.75. The van der Waals surface area contributed by atoms with E-state index in [0.717, 1.165) is 61.6 Å². The Hall–Kier alpha value is -2.59. The third-order valence-electron chi connectivity index (χ3n) is 5.55. The Morgan fingerprint density at radius 2 is 1.67 bits per heavy atom. The number of piperidine rings is 1.